The Morgan fingerprint density at radius 3 is 2.84 bits per heavy atom. The zero-order valence-electron chi connectivity index (χ0n) is 10.7. The molecule has 0 aliphatic carbocycles. The highest BCUT2D eigenvalue weighted by atomic mass is 32.1. The fourth-order valence-corrected chi connectivity index (χ4v) is 3.18. The third kappa shape index (κ3) is 2.06. The number of thiophene rings is 1. The smallest absolute Gasteiger partial charge is 0.309 e. The van der Waals surface area contributed by atoms with E-state index in [4.69, 9.17) is 0 Å². The second kappa shape index (κ2) is 4.45. The van der Waals surface area contributed by atoms with Crippen LogP contribution in [0.5, 0.6) is 0 Å². The molecule has 3 heterocycles. The highest BCUT2D eigenvalue weighted by Crippen LogP contribution is 2.35. The minimum Gasteiger partial charge on any atom is -0.481 e. The summed E-state index contributed by atoms with van der Waals surface area (Å²) >= 11 is 1.60. The highest BCUT2D eigenvalue weighted by molar-refractivity contribution is 7.16. The number of hydrogen-bond donors (Lipinski definition) is 1. The predicted molar refractivity (Wildman–Crippen MR) is 74.6 cm³/mol. The summed E-state index contributed by atoms with van der Waals surface area (Å²) in [5, 5.41) is 12.3. The van der Waals surface area contributed by atoms with Crippen molar-refractivity contribution < 1.29 is 9.90 Å². The van der Waals surface area contributed by atoms with E-state index in [0.29, 0.717) is 12.8 Å². The van der Waals surface area contributed by atoms with Gasteiger partial charge in [0.05, 0.1) is 10.8 Å². The minimum atomic E-state index is -0.699. The molecule has 1 saturated heterocycles. The van der Waals surface area contributed by atoms with Crippen LogP contribution in [-0.4, -0.2) is 34.1 Å². The van der Waals surface area contributed by atoms with Crippen LogP contribution in [0.3, 0.4) is 0 Å². The normalized spacial score (nSPS) is 18.7. The molecular weight excluding hydrogens is 262 g/mol. The van der Waals surface area contributed by atoms with Crippen molar-refractivity contribution in [1.29, 1.82) is 0 Å². The molecule has 19 heavy (non-hydrogen) atoms. The second-order valence-electron chi connectivity index (χ2n) is 5.19. The Labute approximate surface area is 114 Å². The zero-order valence-corrected chi connectivity index (χ0v) is 11.5. The number of hydrogen-bond acceptors (Lipinski definition) is 5. The topological polar surface area (TPSA) is 66.3 Å². The van der Waals surface area contributed by atoms with Crippen LogP contribution in [0.2, 0.25) is 0 Å². The van der Waals surface area contributed by atoms with Gasteiger partial charge in [-0.2, -0.15) is 0 Å². The molecule has 6 heteroatoms. The Balaban J connectivity index is 1.86. The van der Waals surface area contributed by atoms with E-state index in [-0.39, 0.29) is 0 Å². The van der Waals surface area contributed by atoms with Crippen LogP contribution in [0, 0.1) is 5.41 Å². The van der Waals surface area contributed by atoms with Crippen molar-refractivity contribution in [2.45, 2.75) is 19.8 Å². The lowest BCUT2D eigenvalue weighted by Gasteiger charge is -2.37. The lowest BCUT2D eigenvalue weighted by molar-refractivity contribution is -0.149. The van der Waals surface area contributed by atoms with Crippen LogP contribution < -0.4 is 4.90 Å². The van der Waals surface area contributed by atoms with Crippen LogP contribution in [0.4, 0.5) is 5.82 Å². The van der Waals surface area contributed by atoms with Gasteiger partial charge >= 0.3 is 5.97 Å². The van der Waals surface area contributed by atoms with Gasteiger partial charge in [-0.1, -0.05) is 0 Å². The Morgan fingerprint density at radius 2 is 2.16 bits per heavy atom. The van der Waals surface area contributed by atoms with E-state index in [0.717, 1.165) is 29.1 Å². The first kappa shape index (κ1) is 12.3. The molecule has 5 nitrogen and oxygen atoms in total. The molecule has 100 valence electrons. The van der Waals surface area contributed by atoms with Gasteiger partial charge in [0.1, 0.15) is 17.0 Å². The molecule has 0 aromatic carbocycles. The van der Waals surface area contributed by atoms with Gasteiger partial charge in [0.2, 0.25) is 0 Å². The average molecular weight is 277 g/mol. The van der Waals surface area contributed by atoms with Crippen LogP contribution in [0.1, 0.15) is 19.8 Å². The molecule has 1 aliphatic heterocycles. The summed E-state index contributed by atoms with van der Waals surface area (Å²) < 4.78 is 0. The standard InChI is InChI=1S/C13H15N3O2S/c1-13(12(17)18)3-5-16(6-4-13)10-9-2-7-19-11(9)15-8-14-10/h2,7-8H,3-6H2,1H3,(H,17,18). The molecule has 1 fully saturated rings. The van der Waals surface area contributed by atoms with E-state index < -0.39 is 11.4 Å². The van der Waals surface area contributed by atoms with Crippen molar-refractivity contribution >= 4 is 33.3 Å². The van der Waals surface area contributed by atoms with Crippen molar-refractivity contribution in [3.05, 3.63) is 17.8 Å². The van der Waals surface area contributed by atoms with Gasteiger partial charge in [-0.15, -0.1) is 11.3 Å². The molecule has 1 N–H and O–H groups in total. The SMILES string of the molecule is CC1(C(=O)O)CCN(c2ncnc3sccc23)CC1. The zero-order chi connectivity index (χ0) is 13.5. The molecule has 0 atom stereocenters. The van der Waals surface area contributed by atoms with Crippen molar-refractivity contribution in [1.82, 2.24) is 9.97 Å². The van der Waals surface area contributed by atoms with E-state index in [1.807, 2.05) is 18.4 Å². The van der Waals surface area contributed by atoms with Crippen molar-refractivity contribution in [2.24, 2.45) is 5.41 Å². The van der Waals surface area contributed by atoms with Crippen molar-refractivity contribution in [3.8, 4) is 0 Å². The average Bonchev–Trinajstić information content (AvgIpc) is 2.87. The monoisotopic (exact) mass is 277 g/mol. The molecule has 0 spiro atoms. The van der Waals surface area contributed by atoms with Gasteiger partial charge in [-0.25, -0.2) is 9.97 Å². The number of carbonyl (C=O) groups is 1. The summed E-state index contributed by atoms with van der Waals surface area (Å²) in [6.07, 6.45) is 2.88. The number of piperidine rings is 1. The maximum Gasteiger partial charge on any atom is 0.309 e. The van der Waals surface area contributed by atoms with Gasteiger partial charge in [0.15, 0.2) is 0 Å². The summed E-state index contributed by atoms with van der Waals surface area (Å²) in [6, 6.07) is 2.03. The van der Waals surface area contributed by atoms with Crippen LogP contribution in [0.25, 0.3) is 10.2 Å². The molecule has 0 saturated carbocycles. The maximum absolute atomic E-state index is 11.2. The third-order valence-corrected chi connectivity index (χ3v) is 4.74. The summed E-state index contributed by atoms with van der Waals surface area (Å²) in [5.74, 6) is 0.231. The van der Waals surface area contributed by atoms with Gasteiger partial charge in [0.25, 0.3) is 0 Å². The lowest BCUT2D eigenvalue weighted by Crippen LogP contribution is -2.43. The number of carboxylic acids is 1. The van der Waals surface area contributed by atoms with E-state index >= 15 is 0 Å². The maximum atomic E-state index is 11.2. The molecular formula is C13H15N3O2S. The predicted octanol–water partition coefficient (Wildman–Crippen LogP) is 2.38. The quantitative estimate of drug-likeness (QED) is 0.913. The lowest BCUT2D eigenvalue weighted by atomic mass is 9.80. The Hall–Kier alpha value is -1.69. The summed E-state index contributed by atoms with van der Waals surface area (Å²) in [7, 11) is 0. The van der Waals surface area contributed by atoms with Crippen LogP contribution in [-0.2, 0) is 4.79 Å². The first-order valence-corrected chi connectivity index (χ1v) is 7.15. The van der Waals surface area contributed by atoms with Crippen molar-refractivity contribution in [2.75, 3.05) is 18.0 Å². The fourth-order valence-electron chi connectivity index (χ4n) is 2.45. The van der Waals surface area contributed by atoms with Crippen LogP contribution in [0.15, 0.2) is 17.8 Å². The van der Waals surface area contributed by atoms with E-state index in [1.54, 1.807) is 17.7 Å². The molecule has 1 aliphatic rings. The van der Waals surface area contributed by atoms with Gasteiger partial charge in [-0.05, 0) is 31.2 Å². The third-order valence-electron chi connectivity index (χ3n) is 3.92. The van der Waals surface area contributed by atoms with E-state index in [1.165, 1.54) is 0 Å². The molecule has 3 rings (SSSR count). The Kier molecular flexibility index (Phi) is 2.89. The van der Waals surface area contributed by atoms with E-state index in [9.17, 15) is 9.90 Å². The summed E-state index contributed by atoms with van der Waals surface area (Å²) in [5.41, 5.74) is -0.600. The molecule has 2 aromatic heterocycles. The molecule has 2 aromatic rings. The van der Waals surface area contributed by atoms with Crippen molar-refractivity contribution in [3.63, 3.8) is 0 Å². The van der Waals surface area contributed by atoms with Crippen LogP contribution >= 0.6 is 11.3 Å². The molecule has 0 radical (unpaired) electrons. The molecule has 0 bridgehead atoms. The molecule has 0 unspecified atom stereocenters. The first-order chi connectivity index (χ1) is 9.10. The number of aliphatic carboxylic acids is 1. The first-order valence-electron chi connectivity index (χ1n) is 6.27. The summed E-state index contributed by atoms with van der Waals surface area (Å²) in [4.78, 5) is 23.0. The molecule has 0 amide bonds. The fraction of sp³-hybridized carbons (Fsp3) is 0.462. The number of aromatic nitrogens is 2. The highest BCUT2D eigenvalue weighted by Gasteiger charge is 2.37. The number of anilines is 1. The largest absolute Gasteiger partial charge is 0.481 e. The number of rotatable bonds is 2. The number of carboxylic acid groups (broad SMARTS) is 1. The Morgan fingerprint density at radius 1 is 1.42 bits per heavy atom. The Bertz CT molecular complexity index is 617. The van der Waals surface area contributed by atoms with Gasteiger partial charge in [-0.3, -0.25) is 4.79 Å². The minimum absolute atomic E-state index is 0.600. The number of nitrogens with zero attached hydrogens (tertiary/aromatic N) is 3. The second-order valence-corrected chi connectivity index (χ2v) is 6.08. The summed E-state index contributed by atoms with van der Waals surface area (Å²) in [6.45, 7) is 3.28. The number of fused-ring (bicyclic) bond motifs is 1. The van der Waals surface area contributed by atoms with E-state index in [2.05, 4.69) is 14.9 Å². The van der Waals surface area contributed by atoms with Gasteiger partial charge in [0, 0.05) is 13.1 Å². The van der Waals surface area contributed by atoms with Gasteiger partial charge < -0.3 is 10.0 Å².